The molecule has 0 unspecified atom stereocenters. The molecule has 0 N–H and O–H groups in total. The molecule has 1 rings (SSSR count). The van der Waals surface area contributed by atoms with E-state index in [9.17, 15) is 10.2 Å². The maximum atomic E-state index is 11.5. The third kappa shape index (κ3) is 3.15. The van der Waals surface area contributed by atoms with Crippen LogP contribution in [0.15, 0.2) is 6.07 Å². The third-order valence-electron chi connectivity index (χ3n) is 2.73. The summed E-state index contributed by atoms with van der Waals surface area (Å²) < 4.78 is 0. The summed E-state index contributed by atoms with van der Waals surface area (Å²) in [7, 11) is 0. The molecular formula is C13H18NiO2. The Morgan fingerprint density at radius 3 is 2.12 bits per heavy atom. The summed E-state index contributed by atoms with van der Waals surface area (Å²) in [4.78, 5) is 0. The number of hydrogen-bond acceptors (Lipinski definition) is 2. The average Bonchev–Trinajstić information content (AvgIpc) is 2.21. The van der Waals surface area contributed by atoms with Crippen molar-refractivity contribution in [1.82, 2.24) is 0 Å². The van der Waals surface area contributed by atoms with Crippen LogP contribution >= 0.6 is 0 Å². The minimum Gasteiger partial charge on any atom is -0.873 e. The predicted molar refractivity (Wildman–Crippen MR) is 58.1 cm³/mol. The van der Waals surface area contributed by atoms with Crippen LogP contribution in [-0.2, 0) is 29.3 Å². The second-order valence-electron chi connectivity index (χ2n) is 3.97. The Balaban J connectivity index is 0.00000225. The maximum absolute atomic E-state index is 11.5. The first-order chi connectivity index (χ1) is 7.11. The van der Waals surface area contributed by atoms with E-state index in [1.807, 2.05) is 0 Å². The summed E-state index contributed by atoms with van der Waals surface area (Å²) in [5, 5.41) is 22.9. The van der Waals surface area contributed by atoms with E-state index in [1.165, 1.54) is 6.07 Å². The van der Waals surface area contributed by atoms with Gasteiger partial charge in [-0.15, -0.1) is 11.5 Å². The first kappa shape index (κ1) is 15.3. The molecule has 3 heteroatoms. The van der Waals surface area contributed by atoms with E-state index in [1.54, 1.807) is 6.92 Å². The van der Waals surface area contributed by atoms with Crippen molar-refractivity contribution in [3.8, 4) is 11.5 Å². The molecule has 0 fully saturated rings. The fraction of sp³-hybridized carbons (Fsp3) is 0.538. The topological polar surface area (TPSA) is 46.1 Å². The van der Waals surface area contributed by atoms with E-state index in [0.717, 1.165) is 36.8 Å². The zero-order valence-electron chi connectivity index (χ0n) is 10.0. The summed E-state index contributed by atoms with van der Waals surface area (Å²) >= 11 is 0. The second-order valence-corrected chi connectivity index (χ2v) is 3.97. The fourth-order valence-corrected chi connectivity index (χ4v) is 1.96. The van der Waals surface area contributed by atoms with Crippen LogP contribution in [0.1, 0.15) is 43.4 Å². The molecule has 0 spiro atoms. The molecule has 0 saturated heterocycles. The van der Waals surface area contributed by atoms with E-state index >= 15 is 0 Å². The Kier molecular flexibility index (Phi) is 6.51. The molecule has 1 aromatic rings. The first-order valence-electron chi connectivity index (χ1n) is 5.61. The summed E-state index contributed by atoms with van der Waals surface area (Å²) in [6.07, 6.45) is 3.81. The van der Waals surface area contributed by atoms with Gasteiger partial charge < -0.3 is 10.2 Å². The molecule has 0 atom stereocenters. The van der Waals surface area contributed by atoms with Crippen molar-refractivity contribution in [3.05, 3.63) is 22.8 Å². The molecular weight excluding hydrogens is 247 g/mol. The zero-order valence-corrected chi connectivity index (χ0v) is 11.0. The van der Waals surface area contributed by atoms with Crippen molar-refractivity contribution in [1.29, 1.82) is 0 Å². The van der Waals surface area contributed by atoms with Gasteiger partial charge in [-0.25, -0.2) is 0 Å². The van der Waals surface area contributed by atoms with E-state index in [2.05, 4.69) is 13.8 Å². The quantitative estimate of drug-likeness (QED) is 0.782. The number of benzene rings is 1. The standard InChI is InChI=1S/C13H20O2.Ni/c1-4-6-10-8-12(14)13(15)9(3)11(10)7-5-2;/h8,14-15H,4-7H2,1-3H3;/q;+2/p-2. The second kappa shape index (κ2) is 6.80. The van der Waals surface area contributed by atoms with Crippen LogP contribution < -0.4 is 10.2 Å². The summed E-state index contributed by atoms with van der Waals surface area (Å²) in [5.41, 5.74) is 2.83. The minimum atomic E-state index is -0.351. The monoisotopic (exact) mass is 264 g/mol. The van der Waals surface area contributed by atoms with E-state index in [0.29, 0.717) is 5.56 Å². The van der Waals surface area contributed by atoms with Gasteiger partial charge in [0, 0.05) is 0 Å². The Morgan fingerprint density at radius 1 is 1.06 bits per heavy atom. The molecule has 0 aliphatic carbocycles. The molecule has 0 amide bonds. The van der Waals surface area contributed by atoms with Gasteiger partial charge in [-0.1, -0.05) is 38.3 Å². The van der Waals surface area contributed by atoms with Crippen molar-refractivity contribution in [2.24, 2.45) is 0 Å². The number of rotatable bonds is 4. The van der Waals surface area contributed by atoms with E-state index in [-0.39, 0.29) is 28.0 Å². The molecule has 0 aliphatic rings. The molecule has 1 aromatic carbocycles. The molecule has 0 heterocycles. The maximum Gasteiger partial charge on any atom is 2.00 e. The number of hydrogen-bond donors (Lipinski definition) is 0. The Labute approximate surface area is 108 Å². The van der Waals surface area contributed by atoms with Crippen LogP contribution in [0.3, 0.4) is 0 Å². The Bertz CT molecular complexity index is 348. The van der Waals surface area contributed by atoms with Gasteiger partial charge in [0.15, 0.2) is 0 Å². The Hall–Kier alpha value is -0.686. The van der Waals surface area contributed by atoms with Crippen molar-refractivity contribution in [3.63, 3.8) is 0 Å². The van der Waals surface area contributed by atoms with Gasteiger partial charge in [0.05, 0.1) is 0 Å². The normalized spacial score (nSPS) is 9.94. The smallest absolute Gasteiger partial charge is 0.873 e. The van der Waals surface area contributed by atoms with E-state index < -0.39 is 0 Å². The van der Waals surface area contributed by atoms with Crippen molar-refractivity contribution in [2.75, 3.05) is 0 Å². The largest absolute Gasteiger partial charge is 2.00 e. The fourth-order valence-electron chi connectivity index (χ4n) is 1.96. The first-order valence-corrected chi connectivity index (χ1v) is 5.61. The van der Waals surface area contributed by atoms with Crippen molar-refractivity contribution >= 4 is 0 Å². The average molecular weight is 265 g/mol. The van der Waals surface area contributed by atoms with Crippen LogP contribution in [0.4, 0.5) is 0 Å². The molecule has 0 aromatic heterocycles. The van der Waals surface area contributed by atoms with Crippen LogP contribution in [0.2, 0.25) is 0 Å². The van der Waals surface area contributed by atoms with E-state index in [4.69, 9.17) is 0 Å². The van der Waals surface area contributed by atoms with Gasteiger partial charge in [0.1, 0.15) is 0 Å². The SMILES string of the molecule is CCCc1cc([O-])c([O-])c(C)c1CCC.[Ni+2]. The van der Waals surface area contributed by atoms with Gasteiger partial charge >= 0.3 is 16.5 Å². The summed E-state index contributed by atoms with van der Waals surface area (Å²) in [5.74, 6) is -0.672. The molecule has 2 nitrogen and oxygen atoms in total. The zero-order chi connectivity index (χ0) is 11.4. The van der Waals surface area contributed by atoms with Gasteiger partial charge in [-0.05, 0) is 30.9 Å². The van der Waals surface area contributed by atoms with Crippen LogP contribution in [0.5, 0.6) is 11.5 Å². The molecule has 0 bridgehead atoms. The number of aryl methyl sites for hydroxylation is 1. The van der Waals surface area contributed by atoms with Crippen LogP contribution in [0, 0.1) is 6.92 Å². The van der Waals surface area contributed by atoms with Crippen molar-refractivity contribution in [2.45, 2.75) is 46.5 Å². The van der Waals surface area contributed by atoms with Crippen LogP contribution in [0.25, 0.3) is 0 Å². The predicted octanol–water partition coefficient (Wildman–Crippen LogP) is 2.04. The Morgan fingerprint density at radius 2 is 1.62 bits per heavy atom. The molecule has 0 radical (unpaired) electrons. The van der Waals surface area contributed by atoms with Gasteiger partial charge in [-0.2, -0.15) is 0 Å². The van der Waals surface area contributed by atoms with Gasteiger partial charge in [0.2, 0.25) is 0 Å². The van der Waals surface area contributed by atoms with Gasteiger partial charge in [0.25, 0.3) is 0 Å². The van der Waals surface area contributed by atoms with Crippen molar-refractivity contribution < 1.29 is 26.7 Å². The van der Waals surface area contributed by atoms with Crippen LogP contribution in [-0.4, -0.2) is 0 Å². The third-order valence-corrected chi connectivity index (χ3v) is 2.73. The summed E-state index contributed by atoms with van der Waals surface area (Å²) in [6, 6.07) is 1.53. The molecule has 92 valence electrons. The molecule has 16 heavy (non-hydrogen) atoms. The summed E-state index contributed by atoms with van der Waals surface area (Å²) in [6.45, 7) is 5.94. The molecule has 0 aliphatic heterocycles. The molecule has 0 saturated carbocycles. The van der Waals surface area contributed by atoms with Gasteiger partial charge in [-0.3, -0.25) is 0 Å². The minimum absolute atomic E-state index is 0.